The van der Waals surface area contributed by atoms with Crippen LogP contribution in [0.1, 0.15) is 85.7 Å². The minimum Gasteiger partial charge on any atom is -0.485 e. The number of carbonyl (C=O) groups is 2. The normalized spacial score (nSPS) is 18.3. The van der Waals surface area contributed by atoms with Gasteiger partial charge in [0.1, 0.15) is 23.4 Å². The minimum atomic E-state index is -0.323. The fourth-order valence-electron chi connectivity index (χ4n) is 5.13. The van der Waals surface area contributed by atoms with Crippen LogP contribution in [0.15, 0.2) is 24.3 Å². The molecule has 1 atom stereocenters. The number of esters is 1. The van der Waals surface area contributed by atoms with E-state index in [1.165, 1.54) is 0 Å². The number of hydrogen-bond donors (Lipinski definition) is 1. The highest BCUT2D eigenvalue weighted by atomic mass is 79.9. The molecule has 5 rings (SSSR count). The summed E-state index contributed by atoms with van der Waals surface area (Å²) in [6.07, 6.45) is 2.18. The maximum Gasteiger partial charge on any atom is 0.309 e. The van der Waals surface area contributed by atoms with Gasteiger partial charge in [0.05, 0.1) is 31.8 Å². The lowest BCUT2D eigenvalue weighted by atomic mass is 9.83. The molecule has 1 unspecified atom stereocenters. The Hall–Kier alpha value is -2.94. The molecule has 1 fully saturated rings. The van der Waals surface area contributed by atoms with E-state index in [0.29, 0.717) is 48.5 Å². The van der Waals surface area contributed by atoms with E-state index in [2.05, 4.69) is 32.9 Å². The number of halogens is 1. The third kappa shape index (κ3) is 5.58. The molecule has 2 aromatic rings. The predicted octanol–water partition coefficient (Wildman–Crippen LogP) is 5.01. The molecule has 3 aliphatic rings. The molecule has 2 aliphatic heterocycles. The zero-order valence-corrected chi connectivity index (χ0v) is 24.5. The number of carbonyl (C=O) groups excluding carboxylic acids is 2. The van der Waals surface area contributed by atoms with E-state index in [0.717, 1.165) is 35.3 Å². The highest BCUT2D eigenvalue weighted by molar-refractivity contribution is 8.93. The van der Waals surface area contributed by atoms with Crippen LogP contribution in [-0.4, -0.2) is 60.3 Å². The fraction of sp³-hybridized carbons (Fsp3) is 0.517. The second-order valence-electron chi connectivity index (χ2n) is 11.4. The number of rotatable bonds is 7. The number of ether oxygens (including phenoxy) is 2. The number of nitrogens with one attached hydrogen (secondary N) is 1. The smallest absolute Gasteiger partial charge is 0.309 e. The first-order chi connectivity index (χ1) is 17.5. The van der Waals surface area contributed by atoms with Crippen molar-refractivity contribution in [3.63, 3.8) is 0 Å². The highest BCUT2D eigenvalue weighted by Gasteiger charge is 2.34. The Kier molecular flexibility index (Phi) is 7.89. The van der Waals surface area contributed by atoms with Crippen molar-refractivity contribution in [3.05, 3.63) is 52.3 Å². The number of likely N-dealkylation sites (N-methyl/N-ethyl adjacent to an activating group) is 1. The Morgan fingerprint density at radius 2 is 1.95 bits per heavy atom. The molecule has 8 nitrogen and oxygen atoms in total. The van der Waals surface area contributed by atoms with Crippen molar-refractivity contribution in [1.29, 1.82) is 5.41 Å². The van der Waals surface area contributed by atoms with Crippen LogP contribution in [0.2, 0.25) is 0 Å². The molecular weight excluding hydrogens is 548 g/mol. The number of amidine groups is 1. The van der Waals surface area contributed by atoms with E-state index >= 15 is 0 Å². The first-order valence-corrected chi connectivity index (χ1v) is 13.1. The van der Waals surface area contributed by atoms with Crippen LogP contribution in [-0.2, 0) is 21.5 Å². The van der Waals surface area contributed by atoms with Gasteiger partial charge in [-0.2, -0.15) is 0 Å². The highest BCUT2D eigenvalue weighted by Crippen LogP contribution is 2.43. The standard InChI is InChI=1S/C29H36N4O4.BrH/c1-6-36-25(35)13-20-15-32(5)23-12-19(11-21(27(23)37-20)29(2,3)4)24(34)16-33-14-18-9-10-22(17-7-8-17)31-26(18)28(33)30;/h9-12,17,20,30H,6-8,13-16H2,1-5H3;1H. The molecule has 1 aromatic carbocycles. The number of hydrogen-bond acceptors (Lipinski definition) is 7. The second kappa shape index (κ2) is 10.7. The summed E-state index contributed by atoms with van der Waals surface area (Å²) in [7, 11) is 1.95. The summed E-state index contributed by atoms with van der Waals surface area (Å²) in [5.41, 5.74) is 4.84. The van der Waals surface area contributed by atoms with E-state index in [9.17, 15) is 9.59 Å². The molecular formula is C29H37BrN4O4. The van der Waals surface area contributed by atoms with Crippen LogP contribution >= 0.6 is 17.0 Å². The lowest BCUT2D eigenvalue weighted by Gasteiger charge is -2.37. The van der Waals surface area contributed by atoms with Gasteiger partial charge in [-0.25, -0.2) is 4.98 Å². The molecule has 3 heterocycles. The Morgan fingerprint density at radius 3 is 2.61 bits per heavy atom. The van der Waals surface area contributed by atoms with Crippen molar-refractivity contribution >= 4 is 40.3 Å². The zero-order chi connectivity index (χ0) is 26.5. The molecule has 0 spiro atoms. The van der Waals surface area contributed by atoms with Crippen molar-refractivity contribution in [2.45, 2.75) is 70.9 Å². The Morgan fingerprint density at radius 1 is 1.21 bits per heavy atom. The Bertz CT molecular complexity index is 1270. The van der Waals surface area contributed by atoms with Crippen molar-refractivity contribution < 1.29 is 19.1 Å². The van der Waals surface area contributed by atoms with E-state index in [4.69, 9.17) is 19.9 Å². The molecule has 204 valence electrons. The van der Waals surface area contributed by atoms with E-state index in [1.54, 1.807) is 6.92 Å². The molecule has 1 saturated carbocycles. The fourth-order valence-corrected chi connectivity index (χ4v) is 5.13. The maximum absolute atomic E-state index is 13.6. The molecule has 0 radical (unpaired) electrons. The molecule has 0 bridgehead atoms. The summed E-state index contributed by atoms with van der Waals surface area (Å²) in [5.74, 6) is 1.24. The monoisotopic (exact) mass is 584 g/mol. The summed E-state index contributed by atoms with van der Waals surface area (Å²) in [6.45, 7) is 9.56. The number of fused-ring (bicyclic) bond motifs is 2. The average molecular weight is 586 g/mol. The molecule has 1 aromatic heterocycles. The molecule has 38 heavy (non-hydrogen) atoms. The number of aromatic nitrogens is 1. The van der Waals surface area contributed by atoms with Crippen molar-refractivity contribution in [3.8, 4) is 5.75 Å². The van der Waals surface area contributed by atoms with Gasteiger partial charge in [-0.15, -0.1) is 17.0 Å². The van der Waals surface area contributed by atoms with Gasteiger partial charge in [0.15, 0.2) is 5.78 Å². The SMILES string of the molecule is Br.CCOC(=O)CC1CN(C)c2cc(C(=O)CN3Cc4ccc(C5CC5)nc4C3=N)cc(C(C)(C)C)c2O1. The molecule has 0 saturated heterocycles. The number of ketones is 1. The number of benzene rings is 1. The van der Waals surface area contributed by atoms with Gasteiger partial charge < -0.3 is 19.3 Å². The summed E-state index contributed by atoms with van der Waals surface area (Å²) in [4.78, 5) is 34.2. The summed E-state index contributed by atoms with van der Waals surface area (Å²) < 4.78 is 11.5. The third-order valence-electron chi connectivity index (χ3n) is 7.30. The van der Waals surface area contributed by atoms with E-state index in [-0.39, 0.29) is 53.2 Å². The average Bonchev–Trinajstić information content (AvgIpc) is 3.63. The summed E-state index contributed by atoms with van der Waals surface area (Å²) in [5, 5.41) is 8.68. The van der Waals surface area contributed by atoms with Crippen molar-refractivity contribution in [2.75, 3.05) is 31.6 Å². The lowest BCUT2D eigenvalue weighted by molar-refractivity contribution is -0.144. The number of Topliss-reactive ketones (excluding diaryl/α,β-unsaturated/α-hetero) is 1. The quantitative estimate of drug-likeness (QED) is 0.361. The van der Waals surface area contributed by atoms with Crippen LogP contribution < -0.4 is 9.64 Å². The maximum atomic E-state index is 13.6. The van der Waals surface area contributed by atoms with Gasteiger partial charge in [0, 0.05) is 41.9 Å². The number of nitrogens with zero attached hydrogens (tertiary/aromatic N) is 3. The Balaban J connectivity index is 0.00000336. The first-order valence-electron chi connectivity index (χ1n) is 13.1. The molecule has 1 N–H and O–H groups in total. The van der Waals surface area contributed by atoms with Crippen LogP contribution in [0.25, 0.3) is 0 Å². The van der Waals surface area contributed by atoms with Crippen LogP contribution in [0.4, 0.5) is 5.69 Å². The number of pyridine rings is 1. The third-order valence-corrected chi connectivity index (χ3v) is 7.30. The van der Waals surface area contributed by atoms with Gasteiger partial charge in [0.2, 0.25) is 0 Å². The minimum absolute atomic E-state index is 0. The van der Waals surface area contributed by atoms with Crippen LogP contribution in [0, 0.1) is 5.41 Å². The van der Waals surface area contributed by atoms with Crippen molar-refractivity contribution in [2.24, 2.45) is 0 Å². The van der Waals surface area contributed by atoms with Crippen LogP contribution in [0.3, 0.4) is 0 Å². The van der Waals surface area contributed by atoms with E-state index < -0.39 is 0 Å². The summed E-state index contributed by atoms with van der Waals surface area (Å²) >= 11 is 0. The second-order valence-corrected chi connectivity index (χ2v) is 11.4. The molecule has 0 amide bonds. The van der Waals surface area contributed by atoms with Gasteiger partial charge in [-0.1, -0.05) is 26.8 Å². The molecule has 1 aliphatic carbocycles. The Labute approximate surface area is 235 Å². The largest absolute Gasteiger partial charge is 0.485 e. The summed E-state index contributed by atoms with van der Waals surface area (Å²) in [6, 6.07) is 7.92. The van der Waals surface area contributed by atoms with E-state index in [1.807, 2.05) is 29.0 Å². The van der Waals surface area contributed by atoms with Gasteiger partial charge in [-0.05, 0) is 43.4 Å². The molecule has 9 heteroatoms. The van der Waals surface area contributed by atoms with Crippen LogP contribution in [0.5, 0.6) is 5.75 Å². The van der Waals surface area contributed by atoms with Gasteiger partial charge in [0.25, 0.3) is 0 Å². The van der Waals surface area contributed by atoms with Gasteiger partial charge >= 0.3 is 5.97 Å². The topological polar surface area (TPSA) is 95.8 Å². The van der Waals surface area contributed by atoms with Crippen molar-refractivity contribution in [1.82, 2.24) is 9.88 Å². The lowest BCUT2D eigenvalue weighted by Crippen LogP contribution is -2.40. The van der Waals surface area contributed by atoms with Gasteiger partial charge in [-0.3, -0.25) is 15.0 Å². The number of anilines is 1. The first kappa shape index (κ1) is 28.1. The zero-order valence-electron chi connectivity index (χ0n) is 22.8. The predicted molar refractivity (Wildman–Crippen MR) is 152 cm³/mol.